The molecule has 0 aromatic rings. The molecule has 1 aliphatic heterocycles. The molecule has 4 heteroatoms. The van der Waals surface area contributed by atoms with Crippen LogP contribution in [0.15, 0.2) is 0 Å². The van der Waals surface area contributed by atoms with E-state index in [1.807, 2.05) is 0 Å². The van der Waals surface area contributed by atoms with E-state index in [0.29, 0.717) is 6.61 Å². The SMILES string of the molecule is CCCCC(COC)NC(=O)C1CCCNC1. The monoisotopic (exact) mass is 242 g/mol. The van der Waals surface area contributed by atoms with Crippen molar-refractivity contribution in [1.82, 2.24) is 10.6 Å². The van der Waals surface area contributed by atoms with Crippen LogP contribution in [0.2, 0.25) is 0 Å². The van der Waals surface area contributed by atoms with Crippen molar-refractivity contribution in [3.05, 3.63) is 0 Å². The van der Waals surface area contributed by atoms with Gasteiger partial charge in [-0.1, -0.05) is 19.8 Å². The largest absolute Gasteiger partial charge is 0.383 e. The topological polar surface area (TPSA) is 50.4 Å². The number of hydrogen-bond donors (Lipinski definition) is 2. The number of rotatable bonds is 7. The normalized spacial score (nSPS) is 22.1. The van der Waals surface area contributed by atoms with Crippen LogP contribution in [0.1, 0.15) is 39.0 Å². The molecule has 0 radical (unpaired) electrons. The molecule has 0 aliphatic carbocycles. The molecular formula is C13H26N2O2. The lowest BCUT2D eigenvalue weighted by molar-refractivity contribution is -0.126. The fraction of sp³-hybridized carbons (Fsp3) is 0.923. The molecule has 0 aromatic heterocycles. The van der Waals surface area contributed by atoms with Crippen LogP contribution in [0.4, 0.5) is 0 Å². The molecule has 100 valence electrons. The number of carbonyl (C=O) groups is 1. The second-order valence-electron chi connectivity index (χ2n) is 4.85. The van der Waals surface area contributed by atoms with E-state index < -0.39 is 0 Å². The number of amides is 1. The third-order valence-electron chi connectivity index (χ3n) is 3.29. The van der Waals surface area contributed by atoms with Crippen LogP contribution in [0.3, 0.4) is 0 Å². The standard InChI is InChI=1S/C13H26N2O2/c1-3-4-7-12(10-17-2)15-13(16)11-6-5-8-14-9-11/h11-12,14H,3-10H2,1-2H3,(H,15,16). The number of ether oxygens (including phenoxy) is 1. The highest BCUT2D eigenvalue weighted by molar-refractivity contribution is 5.79. The molecule has 0 aromatic carbocycles. The average molecular weight is 242 g/mol. The van der Waals surface area contributed by atoms with Gasteiger partial charge in [0.05, 0.1) is 18.6 Å². The van der Waals surface area contributed by atoms with Crippen LogP contribution < -0.4 is 10.6 Å². The Morgan fingerprint density at radius 1 is 1.59 bits per heavy atom. The predicted octanol–water partition coefficient (Wildman–Crippen LogP) is 1.31. The van der Waals surface area contributed by atoms with Crippen LogP contribution >= 0.6 is 0 Å². The zero-order valence-electron chi connectivity index (χ0n) is 11.1. The minimum atomic E-state index is 0.143. The summed E-state index contributed by atoms with van der Waals surface area (Å²) < 4.78 is 5.16. The van der Waals surface area contributed by atoms with Gasteiger partial charge < -0.3 is 15.4 Å². The molecule has 0 spiro atoms. The Bertz CT molecular complexity index is 215. The van der Waals surface area contributed by atoms with Gasteiger partial charge in [0, 0.05) is 13.7 Å². The molecule has 0 saturated carbocycles. The summed E-state index contributed by atoms with van der Waals surface area (Å²) in [6.07, 6.45) is 5.41. The summed E-state index contributed by atoms with van der Waals surface area (Å²) >= 11 is 0. The molecule has 2 N–H and O–H groups in total. The number of methoxy groups -OCH3 is 1. The minimum Gasteiger partial charge on any atom is -0.383 e. The summed E-state index contributed by atoms with van der Waals surface area (Å²) in [5.41, 5.74) is 0. The third-order valence-corrected chi connectivity index (χ3v) is 3.29. The van der Waals surface area contributed by atoms with Crippen molar-refractivity contribution in [2.45, 2.75) is 45.1 Å². The van der Waals surface area contributed by atoms with Crippen LogP contribution in [-0.2, 0) is 9.53 Å². The molecule has 1 heterocycles. The molecule has 4 nitrogen and oxygen atoms in total. The van der Waals surface area contributed by atoms with Gasteiger partial charge in [0.2, 0.25) is 5.91 Å². The van der Waals surface area contributed by atoms with Gasteiger partial charge >= 0.3 is 0 Å². The first kappa shape index (κ1) is 14.5. The second kappa shape index (κ2) is 8.48. The van der Waals surface area contributed by atoms with Crippen molar-refractivity contribution in [2.24, 2.45) is 5.92 Å². The van der Waals surface area contributed by atoms with Crippen LogP contribution in [-0.4, -0.2) is 38.8 Å². The van der Waals surface area contributed by atoms with E-state index in [0.717, 1.165) is 45.2 Å². The van der Waals surface area contributed by atoms with Gasteiger partial charge in [0.1, 0.15) is 0 Å². The third kappa shape index (κ3) is 5.50. The Labute approximate surface area is 104 Å². The minimum absolute atomic E-state index is 0.143. The molecule has 1 amide bonds. The number of piperidine rings is 1. The van der Waals surface area contributed by atoms with E-state index in [-0.39, 0.29) is 17.9 Å². The molecule has 17 heavy (non-hydrogen) atoms. The maximum absolute atomic E-state index is 12.0. The van der Waals surface area contributed by atoms with E-state index in [2.05, 4.69) is 17.6 Å². The predicted molar refractivity (Wildman–Crippen MR) is 68.9 cm³/mol. The molecule has 2 atom stereocenters. The molecular weight excluding hydrogens is 216 g/mol. The van der Waals surface area contributed by atoms with Crippen molar-refractivity contribution >= 4 is 5.91 Å². The van der Waals surface area contributed by atoms with Crippen LogP contribution in [0.5, 0.6) is 0 Å². The van der Waals surface area contributed by atoms with Crippen molar-refractivity contribution < 1.29 is 9.53 Å². The Kier molecular flexibility index (Phi) is 7.21. The molecule has 1 saturated heterocycles. The Morgan fingerprint density at radius 3 is 3.00 bits per heavy atom. The zero-order valence-corrected chi connectivity index (χ0v) is 11.1. The van der Waals surface area contributed by atoms with Gasteiger partial charge in [-0.25, -0.2) is 0 Å². The van der Waals surface area contributed by atoms with E-state index in [4.69, 9.17) is 4.74 Å². The number of unbranched alkanes of at least 4 members (excludes halogenated alkanes) is 1. The average Bonchev–Trinajstić information content (AvgIpc) is 2.37. The summed E-state index contributed by atoms with van der Waals surface area (Å²) in [7, 11) is 1.69. The van der Waals surface area contributed by atoms with Crippen molar-refractivity contribution in [3.63, 3.8) is 0 Å². The fourth-order valence-electron chi connectivity index (χ4n) is 2.24. The number of hydrogen-bond acceptors (Lipinski definition) is 3. The number of carbonyl (C=O) groups excluding carboxylic acids is 1. The van der Waals surface area contributed by atoms with Gasteiger partial charge in [-0.3, -0.25) is 4.79 Å². The Balaban J connectivity index is 2.33. The molecule has 1 fully saturated rings. The zero-order chi connectivity index (χ0) is 12.5. The summed E-state index contributed by atoms with van der Waals surface area (Å²) in [4.78, 5) is 12.0. The van der Waals surface area contributed by atoms with Crippen molar-refractivity contribution in [3.8, 4) is 0 Å². The van der Waals surface area contributed by atoms with Crippen molar-refractivity contribution in [1.29, 1.82) is 0 Å². The lowest BCUT2D eigenvalue weighted by atomic mass is 9.98. The second-order valence-corrected chi connectivity index (χ2v) is 4.85. The highest BCUT2D eigenvalue weighted by Crippen LogP contribution is 2.11. The molecule has 1 aliphatic rings. The quantitative estimate of drug-likeness (QED) is 0.707. The summed E-state index contributed by atoms with van der Waals surface area (Å²) in [5, 5.41) is 6.39. The smallest absolute Gasteiger partial charge is 0.224 e. The van der Waals surface area contributed by atoms with Crippen LogP contribution in [0.25, 0.3) is 0 Å². The van der Waals surface area contributed by atoms with Gasteiger partial charge in [-0.2, -0.15) is 0 Å². The maximum atomic E-state index is 12.0. The fourth-order valence-corrected chi connectivity index (χ4v) is 2.24. The molecule has 1 rings (SSSR count). The summed E-state index contributed by atoms with van der Waals surface area (Å²) in [5.74, 6) is 0.333. The van der Waals surface area contributed by atoms with Gasteiger partial charge in [-0.05, 0) is 25.8 Å². The Hall–Kier alpha value is -0.610. The van der Waals surface area contributed by atoms with Crippen molar-refractivity contribution in [2.75, 3.05) is 26.8 Å². The van der Waals surface area contributed by atoms with E-state index >= 15 is 0 Å². The Morgan fingerprint density at radius 2 is 2.41 bits per heavy atom. The van der Waals surface area contributed by atoms with E-state index in [9.17, 15) is 4.79 Å². The van der Waals surface area contributed by atoms with E-state index in [1.165, 1.54) is 0 Å². The highest BCUT2D eigenvalue weighted by atomic mass is 16.5. The van der Waals surface area contributed by atoms with Crippen LogP contribution in [0, 0.1) is 5.92 Å². The van der Waals surface area contributed by atoms with Gasteiger partial charge in [0.25, 0.3) is 0 Å². The molecule has 0 bridgehead atoms. The lowest BCUT2D eigenvalue weighted by Crippen LogP contribution is -2.45. The van der Waals surface area contributed by atoms with Gasteiger partial charge in [0.15, 0.2) is 0 Å². The lowest BCUT2D eigenvalue weighted by Gasteiger charge is -2.25. The maximum Gasteiger partial charge on any atom is 0.224 e. The summed E-state index contributed by atoms with van der Waals surface area (Å²) in [6.45, 7) is 4.64. The first-order valence-electron chi connectivity index (χ1n) is 6.78. The van der Waals surface area contributed by atoms with E-state index in [1.54, 1.807) is 7.11 Å². The first-order valence-corrected chi connectivity index (χ1v) is 6.78. The molecule has 2 unspecified atom stereocenters. The number of nitrogens with one attached hydrogen (secondary N) is 2. The first-order chi connectivity index (χ1) is 8.27. The summed E-state index contributed by atoms with van der Waals surface area (Å²) in [6, 6.07) is 0.175. The highest BCUT2D eigenvalue weighted by Gasteiger charge is 2.22. The van der Waals surface area contributed by atoms with Gasteiger partial charge in [-0.15, -0.1) is 0 Å².